The lowest BCUT2D eigenvalue weighted by molar-refractivity contribution is 0.230. The van der Waals surface area contributed by atoms with E-state index in [2.05, 4.69) is 47.7 Å². The molecular weight excluding hydrogens is 512 g/mol. The lowest BCUT2D eigenvalue weighted by atomic mass is 10.1. The number of rotatable bonds is 14. The molecule has 5 rings (SSSR count). The van der Waals surface area contributed by atoms with Gasteiger partial charge in [0.25, 0.3) is 11.1 Å². The summed E-state index contributed by atoms with van der Waals surface area (Å²) in [4.78, 5) is 42.3. The van der Waals surface area contributed by atoms with Gasteiger partial charge < -0.3 is 35.8 Å². The molecule has 0 aliphatic heterocycles. The van der Waals surface area contributed by atoms with Crippen LogP contribution >= 0.6 is 0 Å². The summed E-state index contributed by atoms with van der Waals surface area (Å²) < 4.78 is 1.53. The maximum Gasteiger partial charge on any atom is 0.277 e. The standard InChI is InChI=1S/C28H34N8O4/c37-14-21(7-6-18-4-2-1-3-5-18)29-11-20-13-32-26-24(20)35-17-36(28(26)40)9-8-22(15-38)30-10-19-12-31-25-23(19)33-16-34-27(25)39/h1-5,12-13,16-17,21-22,29-32,37-38H,6-11,14-15H2,(H,33,34,39). The summed E-state index contributed by atoms with van der Waals surface area (Å²) in [7, 11) is 0. The number of aliphatic hydroxyl groups is 2. The van der Waals surface area contributed by atoms with Crippen LogP contribution in [-0.4, -0.2) is 65.0 Å². The summed E-state index contributed by atoms with van der Waals surface area (Å²) in [5.41, 5.74) is 4.49. The monoisotopic (exact) mass is 546 g/mol. The lowest BCUT2D eigenvalue weighted by Gasteiger charge is -2.17. The molecule has 12 nitrogen and oxygen atoms in total. The van der Waals surface area contributed by atoms with Crippen LogP contribution < -0.4 is 21.8 Å². The summed E-state index contributed by atoms with van der Waals surface area (Å²) in [6.45, 7) is 1.15. The molecule has 40 heavy (non-hydrogen) atoms. The molecule has 210 valence electrons. The lowest BCUT2D eigenvalue weighted by Crippen LogP contribution is -2.34. The first kappa shape index (κ1) is 27.5. The van der Waals surface area contributed by atoms with Crippen LogP contribution in [0.2, 0.25) is 0 Å². The van der Waals surface area contributed by atoms with Crippen LogP contribution in [0.3, 0.4) is 0 Å². The average molecular weight is 547 g/mol. The summed E-state index contributed by atoms with van der Waals surface area (Å²) in [6.07, 6.45) is 8.54. The van der Waals surface area contributed by atoms with Crippen molar-refractivity contribution in [2.24, 2.45) is 0 Å². The van der Waals surface area contributed by atoms with Gasteiger partial charge in [-0.3, -0.25) is 14.2 Å². The number of nitrogens with zero attached hydrogens (tertiary/aromatic N) is 3. The number of hydrogen-bond acceptors (Lipinski definition) is 8. The Morgan fingerprint density at radius 3 is 2.17 bits per heavy atom. The fraction of sp³-hybridized carbons (Fsp3) is 0.357. The molecule has 0 radical (unpaired) electrons. The minimum absolute atomic E-state index is 0.0184. The number of fused-ring (bicyclic) bond motifs is 2. The molecule has 0 amide bonds. The van der Waals surface area contributed by atoms with E-state index in [1.807, 2.05) is 18.2 Å². The van der Waals surface area contributed by atoms with Gasteiger partial charge in [-0.05, 0) is 24.8 Å². The predicted molar refractivity (Wildman–Crippen MR) is 152 cm³/mol. The fourth-order valence-corrected chi connectivity index (χ4v) is 4.83. The fourth-order valence-electron chi connectivity index (χ4n) is 4.83. The van der Waals surface area contributed by atoms with Crippen LogP contribution in [0.25, 0.3) is 22.1 Å². The van der Waals surface area contributed by atoms with Crippen LogP contribution in [0.5, 0.6) is 0 Å². The summed E-state index contributed by atoms with van der Waals surface area (Å²) in [5, 5.41) is 26.4. The van der Waals surface area contributed by atoms with Gasteiger partial charge in [-0.25, -0.2) is 9.97 Å². The molecule has 4 heterocycles. The van der Waals surface area contributed by atoms with E-state index in [1.54, 1.807) is 12.4 Å². The Bertz CT molecular complexity index is 1660. The highest BCUT2D eigenvalue weighted by Crippen LogP contribution is 2.14. The van der Waals surface area contributed by atoms with E-state index >= 15 is 0 Å². The quantitative estimate of drug-likeness (QED) is 0.107. The second-order valence-electron chi connectivity index (χ2n) is 9.88. The van der Waals surface area contributed by atoms with E-state index in [4.69, 9.17) is 0 Å². The van der Waals surface area contributed by atoms with Gasteiger partial charge in [0.2, 0.25) is 0 Å². The van der Waals surface area contributed by atoms with Gasteiger partial charge in [-0.1, -0.05) is 30.3 Å². The molecule has 2 unspecified atom stereocenters. The Hall–Kier alpha value is -4.10. The molecule has 4 aromatic heterocycles. The SMILES string of the molecule is O=c1[nH]cnc2c(CNC(CO)CCn3cnc4c(CNC(CO)CCc5ccccc5)c[nH]c4c3=O)c[nH]c12. The van der Waals surface area contributed by atoms with Gasteiger partial charge in [0, 0.05) is 55.2 Å². The number of aliphatic hydroxyl groups excluding tert-OH is 2. The molecule has 1 aromatic carbocycles. The van der Waals surface area contributed by atoms with E-state index in [0.29, 0.717) is 48.1 Å². The Balaban J connectivity index is 1.17. The molecule has 0 saturated carbocycles. The zero-order valence-electron chi connectivity index (χ0n) is 22.1. The van der Waals surface area contributed by atoms with Crippen molar-refractivity contribution in [3.8, 4) is 0 Å². The number of H-pyrrole nitrogens is 3. The van der Waals surface area contributed by atoms with Crippen molar-refractivity contribution in [2.75, 3.05) is 13.2 Å². The first-order chi connectivity index (χ1) is 19.6. The zero-order chi connectivity index (χ0) is 27.9. The van der Waals surface area contributed by atoms with Crippen molar-refractivity contribution in [3.05, 3.63) is 92.8 Å². The van der Waals surface area contributed by atoms with Crippen molar-refractivity contribution >= 4 is 22.1 Å². The molecule has 0 aliphatic rings. The second kappa shape index (κ2) is 12.8. The first-order valence-corrected chi connectivity index (χ1v) is 13.4. The number of aromatic amines is 3. The maximum atomic E-state index is 13.1. The van der Waals surface area contributed by atoms with E-state index in [9.17, 15) is 19.8 Å². The molecule has 12 heteroatoms. The molecule has 2 atom stereocenters. The smallest absolute Gasteiger partial charge is 0.277 e. The second-order valence-corrected chi connectivity index (χ2v) is 9.88. The van der Waals surface area contributed by atoms with Gasteiger partial charge in [0.05, 0.1) is 36.9 Å². The molecule has 0 saturated heterocycles. The van der Waals surface area contributed by atoms with Gasteiger partial charge in [0.1, 0.15) is 11.0 Å². The van der Waals surface area contributed by atoms with Crippen LogP contribution in [0.15, 0.2) is 65.0 Å². The van der Waals surface area contributed by atoms with Crippen LogP contribution in [0.1, 0.15) is 29.5 Å². The Morgan fingerprint density at radius 1 is 0.825 bits per heavy atom. The third-order valence-electron chi connectivity index (χ3n) is 7.23. The first-order valence-electron chi connectivity index (χ1n) is 13.4. The third kappa shape index (κ3) is 6.20. The van der Waals surface area contributed by atoms with Gasteiger partial charge in [-0.2, -0.15) is 0 Å². The van der Waals surface area contributed by atoms with Crippen molar-refractivity contribution in [3.63, 3.8) is 0 Å². The summed E-state index contributed by atoms with van der Waals surface area (Å²) in [6, 6.07) is 9.81. The van der Waals surface area contributed by atoms with Crippen LogP contribution in [0, 0.1) is 0 Å². The van der Waals surface area contributed by atoms with Gasteiger partial charge in [-0.15, -0.1) is 0 Å². The van der Waals surface area contributed by atoms with Gasteiger partial charge in [0.15, 0.2) is 0 Å². The molecule has 0 fully saturated rings. The number of nitrogens with one attached hydrogen (secondary N) is 5. The predicted octanol–water partition coefficient (Wildman–Crippen LogP) is 0.913. The zero-order valence-corrected chi connectivity index (χ0v) is 22.1. The highest BCUT2D eigenvalue weighted by Gasteiger charge is 2.15. The maximum absolute atomic E-state index is 13.1. The minimum atomic E-state index is -0.274. The number of benzene rings is 1. The number of aryl methyl sites for hydroxylation is 2. The average Bonchev–Trinajstić information content (AvgIpc) is 3.60. The molecule has 0 aliphatic carbocycles. The highest BCUT2D eigenvalue weighted by atomic mass is 16.3. The minimum Gasteiger partial charge on any atom is -0.395 e. The molecule has 5 aromatic rings. The molecule has 0 bridgehead atoms. The van der Waals surface area contributed by atoms with E-state index in [0.717, 1.165) is 24.0 Å². The van der Waals surface area contributed by atoms with Gasteiger partial charge >= 0.3 is 0 Å². The molecule has 0 spiro atoms. The van der Waals surface area contributed by atoms with Crippen molar-refractivity contribution < 1.29 is 10.2 Å². The van der Waals surface area contributed by atoms with Crippen molar-refractivity contribution in [2.45, 2.75) is 51.0 Å². The Labute approximate surface area is 229 Å². The highest BCUT2D eigenvalue weighted by molar-refractivity contribution is 5.78. The topological polar surface area (TPSA) is 177 Å². The molecule has 7 N–H and O–H groups in total. The Morgan fingerprint density at radius 2 is 1.48 bits per heavy atom. The van der Waals surface area contributed by atoms with Crippen LogP contribution in [-0.2, 0) is 26.1 Å². The number of hydrogen-bond donors (Lipinski definition) is 7. The number of aromatic nitrogens is 6. The molecular formula is C28H34N8O4. The van der Waals surface area contributed by atoms with Crippen molar-refractivity contribution in [1.82, 2.24) is 40.1 Å². The van der Waals surface area contributed by atoms with Crippen molar-refractivity contribution in [1.29, 1.82) is 0 Å². The summed E-state index contributed by atoms with van der Waals surface area (Å²) in [5.74, 6) is 0. The largest absolute Gasteiger partial charge is 0.395 e. The Kier molecular flexibility index (Phi) is 8.81. The summed E-state index contributed by atoms with van der Waals surface area (Å²) >= 11 is 0. The van der Waals surface area contributed by atoms with E-state index < -0.39 is 0 Å². The van der Waals surface area contributed by atoms with E-state index in [1.165, 1.54) is 22.8 Å². The van der Waals surface area contributed by atoms with Crippen LogP contribution in [0.4, 0.5) is 0 Å². The van der Waals surface area contributed by atoms with E-state index in [-0.39, 0.29) is 36.4 Å². The normalized spacial score (nSPS) is 13.2. The third-order valence-corrected chi connectivity index (χ3v) is 7.23.